The molecule has 0 saturated heterocycles. The maximum Gasteiger partial charge on any atom is 0.398 e. The Labute approximate surface area is 97.6 Å². The summed E-state index contributed by atoms with van der Waals surface area (Å²) in [6.45, 7) is 7.74. The molecule has 0 fully saturated rings. The first kappa shape index (κ1) is 13.6. The number of thioether (sulfide) groups is 1. The molecule has 6 heteroatoms. The zero-order valence-electron chi connectivity index (χ0n) is 9.18. The van der Waals surface area contributed by atoms with E-state index in [-0.39, 0.29) is 0 Å². The Morgan fingerprint density at radius 2 is 2.19 bits per heavy atom. The minimum absolute atomic E-state index is 0.611. The molecule has 0 aliphatic carbocycles. The lowest BCUT2D eigenvalue weighted by Gasteiger charge is -2.27. The Kier molecular flexibility index (Phi) is 4.86. The van der Waals surface area contributed by atoms with E-state index in [0.717, 1.165) is 29.8 Å². The largest absolute Gasteiger partial charge is 0.398 e. The lowest BCUT2D eigenvalue weighted by molar-refractivity contribution is -0.105. The highest BCUT2D eigenvalue weighted by Gasteiger charge is 2.29. The number of likely N-dealkylation sites (N-methyl/N-ethyl adjacent to an activating group) is 1. The first-order valence-corrected chi connectivity index (χ1v) is 6.05. The van der Waals surface area contributed by atoms with Crippen molar-refractivity contribution in [2.75, 3.05) is 25.4 Å². The minimum atomic E-state index is -4.12. The molecule has 92 valence electrons. The van der Waals surface area contributed by atoms with Gasteiger partial charge in [0, 0.05) is 18.0 Å². The van der Waals surface area contributed by atoms with Crippen molar-refractivity contribution in [1.82, 2.24) is 4.90 Å². The van der Waals surface area contributed by atoms with Gasteiger partial charge < -0.3 is 0 Å². The van der Waals surface area contributed by atoms with Crippen molar-refractivity contribution in [2.45, 2.75) is 19.5 Å². The number of hydrogen-bond acceptors (Lipinski definition) is 3. The van der Waals surface area contributed by atoms with Gasteiger partial charge in [-0.1, -0.05) is 6.92 Å². The van der Waals surface area contributed by atoms with Crippen LogP contribution in [0.15, 0.2) is 15.6 Å². The number of halogens is 3. The summed E-state index contributed by atoms with van der Waals surface area (Å²) in [4.78, 5) is 6.70. The molecule has 16 heavy (non-hydrogen) atoms. The van der Waals surface area contributed by atoms with Crippen LogP contribution in [0.25, 0.3) is 0 Å². The van der Waals surface area contributed by atoms with Gasteiger partial charge in [0.25, 0.3) is 0 Å². The molecule has 1 rings (SSSR count). The van der Waals surface area contributed by atoms with E-state index in [4.69, 9.17) is 0 Å². The van der Waals surface area contributed by atoms with Crippen molar-refractivity contribution >= 4 is 18.5 Å². The summed E-state index contributed by atoms with van der Waals surface area (Å²) in [6.07, 6.45) is -3.48. The summed E-state index contributed by atoms with van der Waals surface area (Å²) in [5, 5.41) is 0. The maximum atomic E-state index is 12.1. The molecular formula is C10H15F3N2S. The van der Waals surface area contributed by atoms with Gasteiger partial charge in [0.15, 0.2) is 0 Å². The monoisotopic (exact) mass is 252 g/mol. The van der Waals surface area contributed by atoms with Gasteiger partial charge in [0.1, 0.15) is 0 Å². The molecule has 0 radical (unpaired) electrons. The topological polar surface area (TPSA) is 15.6 Å². The summed E-state index contributed by atoms with van der Waals surface area (Å²) in [7, 11) is 0. The third-order valence-electron chi connectivity index (χ3n) is 2.40. The molecule has 0 atom stereocenters. The van der Waals surface area contributed by atoms with Crippen LogP contribution in [0, 0.1) is 0 Å². The third-order valence-corrected chi connectivity index (χ3v) is 3.66. The van der Waals surface area contributed by atoms with Crippen molar-refractivity contribution in [3.8, 4) is 0 Å². The zero-order chi connectivity index (χ0) is 12.2. The molecule has 0 bridgehead atoms. The summed E-state index contributed by atoms with van der Waals surface area (Å²) < 4.78 is 36.3. The van der Waals surface area contributed by atoms with Crippen molar-refractivity contribution in [1.29, 1.82) is 0 Å². The second kappa shape index (κ2) is 5.72. The highest BCUT2D eigenvalue weighted by molar-refractivity contribution is 8.03. The standard InChI is InChI=1S/C10H15F3N2S/c1-3-15-5-4-9(8(6-15)14-2)16-7-10(11,12)13/h2-7H2,1H3. The van der Waals surface area contributed by atoms with Crippen LogP contribution in [0.2, 0.25) is 0 Å². The van der Waals surface area contributed by atoms with Crippen molar-refractivity contribution in [2.24, 2.45) is 4.99 Å². The normalized spacial score (nSPS) is 19.0. The molecule has 0 amide bonds. The number of rotatable bonds is 4. The molecule has 0 N–H and O–H groups in total. The van der Waals surface area contributed by atoms with Crippen LogP contribution in [-0.4, -0.2) is 43.2 Å². The quantitative estimate of drug-likeness (QED) is 0.715. The van der Waals surface area contributed by atoms with E-state index in [9.17, 15) is 13.2 Å². The SMILES string of the molecule is C=NC1=C(SCC(F)(F)F)CCN(CC)C1. The van der Waals surface area contributed by atoms with Crippen LogP contribution in [0.3, 0.4) is 0 Å². The van der Waals surface area contributed by atoms with E-state index in [1.54, 1.807) is 0 Å². The summed E-state index contributed by atoms with van der Waals surface area (Å²) in [5.74, 6) is -0.840. The number of alkyl halides is 3. The second-order valence-corrected chi connectivity index (χ2v) is 4.62. The highest BCUT2D eigenvalue weighted by Crippen LogP contribution is 2.33. The molecule has 0 aromatic heterocycles. The Balaban J connectivity index is 2.62. The van der Waals surface area contributed by atoms with Crippen LogP contribution < -0.4 is 0 Å². The molecule has 0 spiro atoms. The van der Waals surface area contributed by atoms with Crippen molar-refractivity contribution in [3.63, 3.8) is 0 Å². The smallest absolute Gasteiger partial charge is 0.297 e. The lowest BCUT2D eigenvalue weighted by atomic mass is 10.2. The Morgan fingerprint density at radius 1 is 1.50 bits per heavy atom. The predicted molar refractivity (Wildman–Crippen MR) is 61.8 cm³/mol. The van der Waals surface area contributed by atoms with Gasteiger partial charge in [0.2, 0.25) is 0 Å². The van der Waals surface area contributed by atoms with Crippen LogP contribution in [0.1, 0.15) is 13.3 Å². The molecule has 0 saturated carbocycles. The number of hydrogen-bond donors (Lipinski definition) is 0. The molecule has 1 heterocycles. The van der Waals surface area contributed by atoms with E-state index in [2.05, 4.69) is 16.6 Å². The zero-order valence-corrected chi connectivity index (χ0v) is 10.00. The minimum Gasteiger partial charge on any atom is -0.297 e. The van der Waals surface area contributed by atoms with Crippen LogP contribution in [0.5, 0.6) is 0 Å². The molecule has 0 unspecified atom stereocenters. The first-order valence-electron chi connectivity index (χ1n) is 5.07. The Bertz CT molecular complexity index is 286. The average molecular weight is 252 g/mol. The van der Waals surface area contributed by atoms with Gasteiger partial charge in [-0.2, -0.15) is 13.2 Å². The van der Waals surface area contributed by atoms with E-state index in [0.29, 0.717) is 18.7 Å². The molecule has 0 aromatic rings. The summed E-state index contributed by atoms with van der Waals surface area (Å²) >= 11 is 0.844. The summed E-state index contributed by atoms with van der Waals surface area (Å²) in [6, 6.07) is 0. The molecule has 2 nitrogen and oxygen atoms in total. The lowest BCUT2D eigenvalue weighted by Crippen LogP contribution is -2.30. The van der Waals surface area contributed by atoms with Crippen LogP contribution >= 0.6 is 11.8 Å². The number of nitrogens with zero attached hydrogens (tertiary/aromatic N) is 2. The van der Waals surface area contributed by atoms with Crippen LogP contribution in [0.4, 0.5) is 13.2 Å². The summed E-state index contributed by atoms with van der Waals surface area (Å²) in [5.41, 5.74) is 0.697. The van der Waals surface area contributed by atoms with Gasteiger partial charge in [0.05, 0.1) is 11.4 Å². The molecule has 0 aromatic carbocycles. The first-order chi connectivity index (χ1) is 7.46. The fraction of sp³-hybridized carbons (Fsp3) is 0.700. The van der Waals surface area contributed by atoms with Crippen molar-refractivity contribution in [3.05, 3.63) is 10.6 Å². The third kappa shape index (κ3) is 4.17. The molecule has 1 aliphatic rings. The average Bonchev–Trinajstić information content (AvgIpc) is 2.25. The van der Waals surface area contributed by atoms with Gasteiger partial charge in [-0.3, -0.25) is 9.89 Å². The van der Waals surface area contributed by atoms with E-state index >= 15 is 0 Å². The van der Waals surface area contributed by atoms with E-state index in [1.807, 2.05) is 6.92 Å². The maximum absolute atomic E-state index is 12.1. The Hall–Kier alpha value is -0.490. The van der Waals surface area contributed by atoms with Gasteiger partial charge in [-0.15, -0.1) is 11.8 Å². The van der Waals surface area contributed by atoms with E-state index < -0.39 is 11.9 Å². The van der Waals surface area contributed by atoms with Crippen LogP contribution in [-0.2, 0) is 0 Å². The second-order valence-electron chi connectivity index (χ2n) is 3.55. The predicted octanol–water partition coefficient (Wildman–Crippen LogP) is 2.92. The van der Waals surface area contributed by atoms with E-state index in [1.165, 1.54) is 0 Å². The Morgan fingerprint density at radius 3 is 2.69 bits per heavy atom. The van der Waals surface area contributed by atoms with Gasteiger partial charge >= 0.3 is 6.18 Å². The van der Waals surface area contributed by atoms with Gasteiger partial charge in [-0.05, 0) is 19.7 Å². The fourth-order valence-electron chi connectivity index (χ4n) is 1.52. The molecule has 1 aliphatic heterocycles. The number of aliphatic imine (C=N–C) groups is 1. The van der Waals surface area contributed by atoms with Crippen molar-refractivity contribution < 1.29 is 13.2 Å². The molecular weight excluding hydrogens is 237 g/mol. The fourth-order valence-corrected chi connectivity index (χ4v) is 2.38. The highest BCUT2D eigenvalue weighted by atomic mass is 32.2. The van der Waals surface area contributed by atoms with Gasteiger partial charge in [-0.25, -0.2) is 0 Å².